The minimum Gasteiger partial charge on any atom is -0.298 e. The molecule has 0 bridgehead atoms. The molecule has 0 saturated carbocycles. The summed E-state index contributed by atoms with van der Waals surface area (Å²) in [6.45, 7) is 0. The van der Waals surface area contributed by atoms with Crippen LogP contribution in [0.25, 0.3) is 43.8 Å². The lowest BCUT2D eigenvalue weighted by atomic mass is 9.88. The summed E-state index contributed by atoms with van der Waals surface area (Å²) < 4.78 is 0. The molecule has 0 spiro atoms. The van der Waals surface area contributed by atoms with Gasteiger partial charge in [-0.3, -0.25) is 4.79 Å². The van der Waals surface area contributed by atoms with Crippen molar-refractivity contribution in [2.75, 3.05) is 0 Å². The van der Waals surface area contributed by atoms with E-state index in [0.29, 0.717) is 0 Å². The molecule has 0 aliphatic rings. The van der Waals surface area contributed by atoms with E-state index in [-0.39, 0.29) is 0 Å². The Balaban J connectivity index is 1.88. The first kappa shape index (κ1) is 16.5. The molecule has 0 heterocycles. The Morgan fingerprint density at radius 2 is 1.11 bits per heavy atom. The minimum atomic E-state index is 0.719. The molecular formula is C27H18O. The Hall–Kier alpha value is -3.71. The van der Waals surface area contributed by atoms with E-state index in [1.54, 1.807) is 0 Å². The average molecular weight is 358 g/mol. The van der Waals surface area contributed by atoms with E-state index in [1.165, 1.54) is 16.5 Å². The minimum absolute atomic E-state index is 0.719. The lowest BCUT2D eigenvalue weighted by Crippen LogP contribution is -1.92. The van der Waals surface area contributed by atoms with E-state index >= 15 is 0 Å². The summed E-state index contributed by atoms with van der Waals surface area (Å²) in [7, 11) is 0. The number of hydrogen-bond donors (Lipinski definition) is 0. The van der Waals surface area contributed by atoms with E-state index in [9.17, 15) is 4.79 Å². The van der Waals surface area contributed by atoms with Gasteiger partial charge in [0.15, 0.2) is 6.29 Å². The standard InChI is InChI=1S/C27H18O/c28-18-21-15-14-20-10-4-5-11-23(20)27(21)26-17-16-22(19-8-2-1-3-9-19)24-12-6-7-13-25(24)26/h1-18H. The first-order valence-electron chi connectivity index (χ1n) is 9.41. The molecule has 28 heavy (non-hydrogen) atoms. The molecule has 5 rings (SSSR count). The van der Waals surface area contributed by atoms with E-state index in [1.807, 2.05) is 30.3 Å². The fourth-order valence-corrected chi connectivity index (χ4v) is 4.07. The Labute approximate surface area is 163 Å². The molecule has 0 unspecified atom stereocenters. The lowest BCUT2D eigenvalue weighted by Gasteiger charge is -2.15. The van der Waals surface area contributed by atoms with Gasteiger partial charge in [0.1, 0.15) is 0 Å². The summed E-state index contributed by atoms with van der Waals surface area (Å²) in [5, 5.41) is 4.59. The van der Waals surface area contributed by atoms with Crippen LogP contribution in [0.1, 0.15) is 10.4 Å². The normalized spacial score (nSPS) is 11.0. The van der Waals surface area contributed by atoms with Gasteiger partial charge in [-0.15, -0.1) is 0 Å². The third kappa shape index (κ3) is 2.60. The van der Waals surface area contributed by atoms with Crippen LogP contribution in [0.5, 0.6) is 0 Å². The van der Waals surface area contributed by atoms with Gasteiger partial charge in [0, 0.05) is 11.1 Å². The number of rotatable bonds is 3. The zero-order chi connectivity index (χ0) is 18.9. The van der Waals surface area contributed by atoms with Crippen molar-refractivity contribution in [1.82, 2.24) is 0 Å². The molecule has 132 valence electrons. The van der Waals surface area contributed by atoms with Crippen LogP contribution < -0.4 is 0 Å². The Morgan fingerprint density at radius 1 is 0.500 bits per heavy atom. The topological polar surface area (TPSA) is 17.1 Å². The highest BCUT2D eigenvalue weighted by atomic mass is 16.1. The molecule has 0 fully saturated rings. The quantitative estimate of drug-likeness (QED) is 0.313. The number of aldehydes is 1. The van der Waals surface area contributed by atoms with Crippen LogP contribution in [0.2, 0.25) is 0 Å². The van der Waals surface area contributed by atoms with Crippen LogP contribution in [0.15, 0.2) is 103 Å². The SMILES string of the molecule is O=Cc1ccc2ccccc2c1-c1ccc(-c2ccccc2)c2ccccc12. The maximum atomic E-state index is 11.9. The van der Waals surface area contributed by atoms with Gasteiger partial charge in [0.2, 0.25) is 0 Å². The predicted octanol–water partition coefficient (Wildman–Crippen LogP) is 7.14. The largest absolute Gasteiger partial charge is 0.298 e. The molecule has 0 amide bonds. The molecule has 1 heteroatoms. The molecule has 5 aromatic rings. The van der Waals surface area contributed by atoms with Crippen molar-refractivity contribution in [2.45, 2.75) is 0 Å². The van der Waals surface area contributed by atoms with Gasteiger partial charge < -0.3 is 0 Å². The average Bonchev–Trinajstić information content (AvgIpc) is 2.78. The van der Waals surface area contributed by atoms with Crippen molar-refractivity contribution in [3.05, 3.63) is 109 Å². The van der Waals surface area contributed by atoms with Crippen LogP contribution in [-0.4, -0.2) is 6.29 Å². The van der Waals surface area contributed by atoms with Gasteiger partial charge in [-0.2, -0.15) is 0 Å². The van der Waals surface area contributed by atoms with Crippen molar-refractivity contribution in [2.24, 2.45) is 0 Å². The van der Waals surface area contributed by atoms with Gasteiger partial charge >= 0.3 is 0 Å². The maximum Gasteiger partial charge on any atom is 0.150 e. The molecule has 1 nitrogen and oxygen atoms in total. The molecule has 0 atom stereocenters. The summed E-state index contributed by atoms with van der Waals surface area (Å²) in [5.74, 6) is 0. The molecule has 0 N–H and O–H groups in total. The van der Waals surface area contributed by atoms with E-state index in [2.05, 4.69) is 72.8 Å². The first-order chi connectivity index (χ1) is 13.9. The molecule has 5 aromatic carbocycles. The lowest BCUT2D eigenvalue weighted by molar-refractivity contribution is 0.112. The van der Waals surface area contributed by atoms with E-state index < -0.39 is 0 Å². The van der Waals surface area contributed by atoms with Crippen LogP contribution in [0.4, 0.5) is 0 Å². The van der Waals surface area contributed by atoms with E-state index in [0.717, 1.165) is 39.1 Å². The fraction of sp³-hybridized carbons (Fsp3) is 0. The summed E-state index contributed by atoms with van der Waals surface area (Å²) in [4.78, 5) is 11.9. The monoisotopic (exact) mass is 358 g/mol. The fourth-order valence-electron chi connectivity index (χ4n) is 4.07. The Morgan fingerprint density at radius 3 is 1.86 bits per heavy atom. The van der Waals surface area contributed by atoms with Crippen LogP contribution in [-0.2, 0) is 0 Å². The van der Waals surface area contributed by atoms with Crippen molar-refractivity contribution in [3.63, 3.8) is 0 Å². The second-order valence-electron chi connectivity index (χ2n) is 6.94. The third-order valence-corrected chi connectivity index (χ3v) is 5.37. The summed E-state index contributed by atoms with van der Waals surface area (Å²) in [6, 6.07) is 35.4. The van der Waals surface area contributed by atoms with Crippen molar-refractivity contribution in [1.29, 1.82) is 0 Å². The van der Waals surface area contributed by atoms with Crippen LogP contribution >= 0.6 is 0 Å². The highest BCUT2D eigenvalue weighted by Gasteiger charge is 2.14. The van der Waals surface area contributed by atoms with Gasteiger partial charge in [0.25, 0.3) is 0 Å². The number of carbonyl (C=O) groups is 1. The molecule has 0 saturated heterocycles. The number of benzene rings is 5. The molecule has 0 aromatic heterocycles. The second kappa shape index (κ2) is 6.79. The highest BCUT2D eigenvalue weighted by molar-refractivity contribution is 6.13. The van der Waals surface area contributed by atoms with Crippen molar-refractivity contribution < 1.29 is 4.79 Å². The van der Waals surface area contributed by atoms with Gasteiger partial charge in [-0.05, 0) is 38.2 Å². The van der Waals surface area contributed by atoms with E-state index in [4.69, 9.17) is 0 Å². The molecule has 0 aliphatic heterocycles. The number of hydrogen-bond acceptors (Lipinski definition) is 1. The van der Waals surface area contributed by atoms with Crippen LogP contribution in [0.3, 0.4) is 0 Å². The third-order valence-electron chi connectivity index (χ3n) is 5.37. The van der Waals surface area contributed by atoms with Crippen molar-refractivity contribution in [3.8, 4) is 22.3 Å². The van der Waals surface area contributed by atoms with Gasteiger partial charge in [-0.1, -0.05) is 103 Å². The molecular weight excluding hydrogens is 340 g/mol. The van der Waals surface area contributed by atoms with Gasteiger partial charge in [-0.25, -0.2) is 0 Å². The van der Waals surface area contributed by atoms with Gasteiger partial charge in [0.05, 0.1) is 0 Å². The molecule has 0 radical (unpaired) electrons. The zero-order valence-electron chi connectivity index (χ0n) is 15.3. The Kier molecular flexibility index (Phi) is 3.99. The zero-order valence-corrected chi connectivity index (χ0v) is 15.3. The summed E-state index contributed by atoms with van der Waals surface area (Å²) in [5.41, 5.74) is 5.21. The molecule has 0 aliphatic carbocycles. The predicted molar refractivity (Wildman–Crippen MR) is 118 cm³/mol. The Bertz CT molecular complexity index is 1320. The van der Waals surface area contributed by atoms with Crippen molar-refractivity contribution >= 4 is 27.8 Å². The summed E-state index contributed by atoms with van der Waals surface area (Å²) in [6.07, 6.45) is 0.960. The highest BCUT2D eigenvalue weighted by Crippen LogP contribution is 2.39. The second-order valence-corrected chi connectivity index (χ2v) is 6.94. The maximum absolute atomic E-state index is 11.9. The number of carbonyl (C=O) groups excluding carboxylic acids is 1. The first-order valence-corrected chi connectivity index (χ1v) is 9.41. The number of fused-ring (bicyclic) bond motifs is 2. The smallest absolute Gasteiger partial charge is 0.150 e. The van der Waals surface area contributed by atoms with Crippen LogP contribution in [0, 0.1) is 0 Å². The summed E-state index contributed by atoms with van der Waals surface area (Å²) >= 11 is 0.